The van der Waals surface area contributed by atoms with Gasteiger partial charge in [0.2, 0.25) is 0 Å². The molecule has 1 aromatic rings. The summed E-state index contributed by atoms with van der Waals surface area (Å²) in [7, 11) is 0. The van der Waals surface area contributed by atoms with Crippen molar-refractivity contribution < 1.29 is 0 Å². The molecule has 1 aromatic heterocycles. The predicted octanol–water partition coefficient (Wildman–Crippen LogP) is 3.28. The summed E-state index contributed by atoms with van der Waals surface area (Å²) in [4.78, 5) is 7.42. The van der Waals surface area contributed by atoms with Crippen LogP contribution in [0.1, 0.15) is 57.7 Å². The van der Waals surface area contributed by atoms with Gasteiger partial charge in [-0.25, -0.2) is 4.98 Å². The molecule has 1 aliphatic rings. The first kappa shape index (κ1) is 13.6. The van der Waals surface area contributed by atoms with E-state index < -0.39 is 0 Å². The minimum Gasteiger partial charge on any atom is -0.349 e. The number of hydrogen-bond donors (Lipinski definition) is 2. The third-order valence-corrected chi connectivity index (χ3v) is 4.45. The third-order valence-electron chi connectivity index (χ3n) is 4.45. The van der Waals surface area contributed by atoms with Crippen molar-refractivity contribution in [3.05, 3.63) is 18.2 Å². The Morgan fingerprint density at radius 2 is 2.17 bits per heavy atom. The minimum atomic E-state index is 0.281. The molecule has 0 bridgehead atoms. The maximum absolute atomic E-state index is 6.33. The number of nitrogens with two attached hydrogens (primary N) is 1. The lowest BCUT2D eigenvalue weighted by Gasteiger charge is -2.32. The number of H-pyrrole nitrogens is 1. The van der Waals surface area contributed by atoms with Crippen molar-refractivity contribution in [1.29, 1.82) is 0 Å². The third kappa shape index (κ3) is 3.84. The molecule has 0 aliphatic heterocycles. The Kier molecular flexibility index (Phi) is 5.24. The van der Waals surface area contributed by atoms with E-state index in [9.17, 15) is 0 Å². The van der Waals surface area contributed by atoms with Gasteiger partial charge in [-0.05, 0) is 24.7 Å². The fourth-order valence-corrected chi connectivity index (χ4v) is 3.20. The maximum Gasteiger partial charge on any atom is 0.107 e. The summed E-state index contributed by atoms with van der Waals surface area (Å²) in [5.74, 6) is 2.71. The van der Waals surface area contributed by atoms with E-state index in [1.54, 1.807) is 0 Å². The number of hydrogen-bond acceptors (Lipinski definition) is 2. The van der Waals surface area contributed by atoms with Gasteiger partial charge >= 0.3 is 0 Å². The lowest BCUT2D eigenvalue weighted by Crippen LogP contribution is -2.35. The second-order valence-corrected chi connectivity index (χ2v) is 5.83. The number of aromatic amines is 1. The number of imidazole rings is 1. The summed E-state index contributed by atoms with van der Waals surface area (Å²) in [6, 6.07) is 0.281. The standard InChI is InChI=1S/C15H27N3/c1-2-3-4-12-5-7-13(8-6-12)14(16)11-15-17-9-10-18-15/h9-10,12-14H,2-8,11,16H2,1H3,(H,17,18). The average molecular weight is 249 g/mol. The molecular weight excluding hydrogens is 222 g/mol. The Labute approximate surface area is 111 Å². The van der Waals surface area contributed by atoms with Crippen molar-refractivity contribution in [2.45, 2.75) is 64.3 Å². The minimum absolute atomic E-state index is 0.281. The van der Waals surface area contributed by atoms with E-state index in [-0.39, 0.29) is 6.04 Å². The van der Waals surface area contributed by atoms with Crippen LogP contribution in [0.3, 0.4) is 0 Å². The monoisotopic (exact) mass is 249 g/mol. The van der Waals surface area contributed by atoms with E-state index in [1.165, 1.54) is 44.9 Å². The number of rotatable bonds is 6. The predicted molar refractivity (Wildman–Crippen MR) is 75.2 cm³/mol. The van der Waals surface area contributed by atoms with Crippen LogP contribution in [0.5, 0.6) is 0 Å². The van der Waals surface area contributed by atoms with Crippen LogP contribution >= 0.6 is 0 Å². The second-order valence-electron chi connectivity index (χ2n) is 5.83. The molecule has 3 heteroatoms. The summed E-state index contributed by atoms with van der Waals surface area (Å²) in [6.45, 7) is 2.28. The van der Waals surface area contributed by atoms with Gasteiger partial charge in [0.1, 0.15) is 5.82 Å². The van der Waals surface area contributed by atoms with Gasteiger partial charge in [0.05, 0.1) is 0 Å². The molecule has 3 N–H and O–H groups in total. The zero-order valence-corrected chi connectivity index (χ0v) is 11.6. The molecule has 3 nitrogen and oxygen atoms in total. The smallest absolute Gasteiger partial charge is 0.107 e. The zero-order valence-electron chi connectivity index (χ0n) is 11.6. The van der Waals surface area contributed by atoms with Gasteiger partial charge in [-0.3, -0.25) is 0 Å². The average Bonchev–Trinajstić information content (AvgIpc) is 2.89. The topological polar surface area (TPSA) is 54.7 Å². The van der Waals surface area contributed by atoms with E-state index in [0.717, 1.165) is 18.2 Å². The molecule has 1 atom stereocenters. The quantitative estimate of drug-likeness (QED) is 0.813. The Balaban J connectivity index is 1.72. The van der Waals surface area contributed by atoms with Gasteiger partial charge in [-0.1, -0.05) is 39.0 Å². The van der Waals surface area contributed by atoms with Crippen LogP contribution in [0.15, 0.2) is 12.4 Å². The lowest BCUT2D eigenvalue weighted by molar-refractivity contribution is 0.230. The molecule has 0 aromatic carbocycles. The molecule has 1 heterocycles. The lowest BCUT2D eigenvalue weighted by atomic mass is 9.76. The molecule has 18 heavy (non-hydrogen) atoms. The Hall–Kier alpha value is -0.830. The SMILES string of the molecule is CCCCC1CCC(C(N)Cc2ncc[nH]2)CC1. The summed E-state index contributed by atoms with van der Waals surface area (Å²) < 4.78 is 0. The molecule has 0 radical (unpaired) electrons. The van der Waals surface area contributed by atoms with E-state index in [0.29, 0.717) is 5.92 Å². The van der Waals surface area contributed by atoms with Crippen molar-refractivity contribution >= 4 is 0 Å². The highest BCUT2D eigenvalue weighted by atomic mass is 14.9. The molecule has 0 spiro atoms. The fraction of sp³-hybridized carbons (Fsp3) is 0.800. The van der Waals surface area contributed by atoms with E-state index in [4.69, 9.17) is 5.73 Å². The van der Waals surface area contributed by atoms with Crippen molar-refractivity contribution in [2.24, 2.45) is 17.6 Å². The van der Waals surface area contributed by atoms with Crippen LogP contribution in [0, 0.1) is 11.8 Å². The number of aromatic nitrogens is 2. The molecule has 0 amide bonds. The molecule has 1 aliphatic carbocycles. The van der Waals surface area contributed by atoms with E-state index in [2.05, 4.69) is 16.9 Å². The molecule has 1 saturated carbocycles. The Morgan fingerprint density at radius 3 is 2.78 bits per heavy atom. The second kappa shape index (κ2) is 6.93. The number of unbranched alkanes of at least 4 members (excludes halogenated alkanes) is 1. The van der Waals surface area contributed by atoms with Crippen LogP contribution in [-0.4, -0.2) is 16.0 Å². The Morgan fingerprint density at radius 1 is 1.39 bits per heavy atom. The van der Waals surface area contributed by atoms with Crippen LogP contribution in [0.4, 0.5) is 0 Å². The largest absolute Gasteiger partial charge is 0.349 e. The summed E-state index contributed by atoms with van der Waals surface area (Å²) >= 11 is 0. The fourth-order valence-electron chi connectivity index (χ4n) is 3.20. The molecule has 1 fully saturated rings. The van der Waals surface area contributed by atoms with Crippen molar-refractivity contribution in [2.75, 3.05) is 0 Å². The highest BCUT2D eigenvalue weighted by molar-refractivity contribution is 4.93. The first-order valence-electron chi connectivity index (χ1n) is 7.53. The van der Waals surface area contributed by atoms with Crippen molar-refractivity contribution in [1.82, 2.24) is 9.97 Å². The Bertz CT molecular complexity index is 312. The first-order valence-corrected chi connectivity index (χ1v) is 7.53. The maximum atomic E-state index is 6.33. The van der Waals surface area contributed by atoms with Crippen molar-refractivity contribution in [3.8, 4) is 0 Å². The normalized spacial score (nSPS) is 26.1. The molecule has 102 valence electrons. The van der Waals surface area contributed by atoms with Gasteiger partial charge in [-0.15, -0.1) is 0 Å². The highest BCUT2D eigenvalue weighted by Crippen LogP contribution is 2.33. The molecule has 1 unspecified atom stereocenters. The van der Waals surface area contributed by atoms with Crippen LogP contribution in [0.2, 0.25) is 0 Å². The van der Waals surface area contributed by atoms with Gasteiger partial charge in [-0.2, -0.15) is 0 Å². The highest BCUT2D eigenvalue weighted by Gasteiger charge is 2.25. The zero-order chi connectivity index (χ0) is 12.8. The van der Waals surface area contributed by atoms with Gasteiger partial charge in [0.15, 0.2) is 0 Å². The summed E-state index contributed by atoms with van der Waals surface area (Å²) in [6.07, 6.45) is 14.1. The van der Waals surface area contributed by atoms with Crippen LogP contribution in [-0.2, 0) is 6.42 Å². The van der Waals surface area contributed by atoms with Crippen molar-refractivity contribution in [3.63, 3.8) is 0 Å². The number of nitrogens with zero attached hydrogens (tertiary/aromatic N) is 1. The van der Waals surface area contributed by atoms with Gasteiger partial charge in [0, 0.05) is 24.9 Å². The van der Waals surface area contributed by atoms with E-state index >= 15 is 0 Å². The number of nitrogens with one attached hydrogen (secondary N) is 1. The molecular formula is C15H27N3. The van der Waals surface area contributed by atoms with Gasteiger partial charge in [0.25, 0.3) is 0 Å². The molecule has 2 rings (SSSR count). The van der Waals surface area contributed by atoms with Gasteiger partial charge < -0.3 is 10.7 Å². The molecule has 0 saturated heterocycles. The van der Waals surface area contributed by atoms with Crippen LogP contribution < -0.4 is 5.73 Å². The van der Waals surface area contributed by atoms with E-state index in [1.807, 2.05) is 12.4 Å². The summed E-state index contributed by atoms with van der Waals surface area (Å²) in [5.41, 5.74) is 6.33. The van der Waals surface area contributed by atoms with Crippen LogP contribution in [0.25, 0.3) is 0 Å². The summed E-state index contributed by atoms with van der Waals surface area (Å²) in [5, 5.41) is 0. The first-order chi connectivity index (χ1) is 8.79.